The van der Waals surface area contributed by atoms with Gasteiger partial charge in [-0.3, -0.25) is 0 Å². The van der Waals surface area contributed by atoms with Crippen molar-refractivity contribution in [2.75, 3.05) is 26.2 Å². The second kappa shape index (κ2) is 7.82. The van der Waals surface area contributed by atoms with E-state index in [1.807, 2.05) is 0 Å². The minimum absolute atomic E-state index is 0.0618. The average molecular weight is 306 g/mol. The summed E-state index contributed by atoms with van der Waals surface area (Å²) < 4.78 is 38.2. The first-order valence-electron chi connectivity index (χ1n) is 8.47. The van der Waals surface area contributed by atoms with Gasteiger partial charge in [-0.15, -0.1) is 0 Å². The Morgan fingerprint density at radius 2 is 1.81 bits per heavy atom. The summed E-state index contributed by atoms with van der Waals surface area (Å²) in [6, 6.07) is 0.0618. The van der Waals surface area contributed by atoms with E-state index in [1.54, 1.807) is 0 Å². The molecule has 0 aromatic rings. The fourth-order valence-corrected chi connectivity index (χ4v) is 3.57. The first kappa shape index (κ1) is 17.1. The molecule has 2 rings (SSSR count). The third-order valence-electron chi connectivity index (χ3n) is 5.10. The molecule has 0 bridgehead atoms. The van der Waals surface area contributed by atoms with Crippen LogP contribution in [0.1, 0.15) is 51.9 Å². The van der Waals surface area contributed by atoms with Crippen LogP contribution in [0.15, 0.2) is 0 Å². The normalized spacial score (nSPS) is 29.7. The van der Waals surface area contributed by atoms with Crippen LogP contribution in [-0.4, -0.2) is 43.3 Å². The van der Waals surface area contributed by atoms with Crippen LogP contribution in [0.2, 0.25) is 0 Å². The Morgan fingerprint density at radius 3 is 2.48 bits per heavy atom. The van der Waals surface area contributed by atoms with Gasteiger partial charge in [0.25, 0.3) is 0 Å². The van der Waals surface area contributed by atoms with Crippen molar-refractivity contribution in [2.45, 2.75) is 64.1 Å². The highest BCUT2D eigenvalue weighted by Crippen LogP contribution is 2.37. The number of nitrogens with one attached hydrogen (secondary N) is 1. The molecule has 1 saturated carbocycles. The molecule has 2 nitrogen and oxygen atoms in total. The van der Waals surface area contributed by atoms with Gasteiger partial charge in [-0.2, -0.15) is 13.2 Å². The molecule has 124 valence electrons. The zero-order valence-corrected chi connectivity index (χ0v) is 13.1. The summed E-state index contributed by atoms with van der Waals surface area (Å²) in [5.74, 6) is -0.242. The van der Waals surface area contributed by atoms with Gasteiger partial charge in [-0.25, -0.2) is 0 Å². The minimum Gasteiger partial charge on any atom is -0.314 e. The molecule has 1 saturated heterocycles. The number of hydrogen-bond acceptors (Lipinski definition) is 2. The Morgan fingerprint density at radius 1 is 1.10 bits per heavy atom. The number of halogens is 3. The maximum atomic E-state index is 12.7. The van der Waals surface area contributed by atoms with Crippen molar-refractivity contribution in [3.05, 3.63) is 0 Å². The zero-order chi connectivity index (χ0) is 15.3. The summed E-state index contributed by atoms with van der Waals surface area (Å²) >= 11 is 0. The van der Waals surface area contributed by atoms with Gasteiger partial charge in [0.2, 0.25) is 0 Å². The number of likely N-dealkylation sites (tertiary alicyclic amines) is 1. The van der Waals surface area contributed by atoms with E-state index in [2.05, 4.69) is 17.1 Å². The van der Waals surface area contributed by atoms with Gasteiger partial charge in [-0.1, -0.05) is 13.3 Å². The number of nitrogens with zero attached hydrogens (tertiary/aromatic N) is 1. The van der Waals surface area contributed by atoms with Crippen molar-refractivity contribution < 1.29 is 13.2 Å². The van der Waals surface area contributed by atoms with Crippen LogP contribution in [0.3, 0.4) is 0 Å². The van der Waals surface area contributed by atoms with Crippen LogP contribution < -0.4 is 5.32 Å². The van der Waals surface area contributed by atoms with Gasteiger partial charge >= 0.3 is 6.18 Å². The number of rotatable bonds is 5. The Bertz CT molecular complexity index is 298. The molecular formula is C16H29F3N2. The Kier molecular flexibility index (Phi) is 6.35. The SMILES string of the molecule is CC1CCN(CCCNC2CCCC(C(F)(F)F)C2)CC1. The van der Waals surface area contributed by atoms with Crippen LogP contribution in [0.5, 0.6) is 0 Å². The van der Waals surface area contributed by atoms with Crippen molar-refractivity contribution in [3.8, 4) is 0 Å². The number of alkyl halides is 3. The topological polar surface area (TPSA) is 15.3 Å². The quantitative estimate of drug-likeness (QED) is 0.777. The molecule has 5 heteroatoms. The Labute approximate surface area is 126 Å². The van der Waals surface area contributed by atoms with Crippen molar-refractivity contribution in [3.63, 3.8) is 0 Å². The standard InChI is InChI=1S/C16H29F3N2/c1-13-6-10-21(11-7-13)9-3-8-20-15-5-2-4-14(12-15)16(17,18)19/h13-15,20H,2-12H2,1H3. The lowest BCUT2D eigenvalue weighted by atomic mass is 9.85. The van der Waals surface area contributed by atoms with E-state index in [-0.39, 0.29) is 12.5 Å². The van der Waals surface area contributed by atoms with E-state index in [9.17, 15) is 13.2 Å². The molecular weight excluding hydrogens is 277 g/mol. The van der Waals surface area contributed by atoms with Gasteiger partial charge in [-0.05, 0) is 70.6 Å². The van der Waals surface area contributed by atoms with Gasteiger partial charge in [0.1, 0.15) is 0 Å². The largest absolute Gasteiger partial charge is 0.391 e. The molecule has 2 aliphatic rings. The van der Waals surface area contributed by atoms with Gasteiger partial charge in [0, 0.05) is 6.04 Å². The van der Waals surface area contributed by atoms with E-state index in [0.29, 0.717) is 12.8 Å². The minimum atomic E-state index is -4.01. The molecule has 1 N–H and O–H groups in total. The molecule has 0 amide bonds. The van der Waals surface area contributed by atoms with Crippen LogP contribution >= 0.6 is 0 Å². The van der Waals surface area contributed by atoms with Gasteiger partial charge in [0.05, 0.1) is 5.92 Å². The molecule has 1 aliphatic heterocycles. The molecule has 0 aromatic heterocycles. The molecule has 2 fully saturated rings. The fraction of sp³-hybridized carbons (Fsp3) is 1.00. The van der Waals surface area contributed by atoms with E-state index in [0.717, 1.165) is 31.8 Å². The van der Waals surface area contributed by atoms with Gasteiger partial charge in [0.15, 0.2) is 0 Å². The number of hydrogen-bond donors (Lipinski definition) is 1. The molecule has 0 aromatic carbocycles. The van der Waals surface area contributed by atoms with Crippen molar-refractivity contribution in [2.24, 2.45) is 11.8 Å². The lowest BCUT2D eigenvalue weighted by Crippen LogP contribution is -2.40. The maximum Gasteiger partial charge on any atom is 0.391 e. The predicted molar refractivity (Wildman–Crippen MR) is 79.3 cm³/mol. The molecule has 0 radical (unpaired) electrons. The predicted octanol–water partition coefficient (Wildman–Crippen LogP) is 3.82. The van der Waals surface area contributed by atoms with Crippen LogP contribution in [0.4, 0.5) is 13.2 Å². The van der Waals surface area contributed by atoms with Gasteiger partial charge < -0.3 is 10.2 Å². The second-order valence-electron chi connectivity index (χ2n) is 6.93. The monoisotopic (exact) mass is 306 g/mol. The summed E-state index contributed by atoms with van der Waals surface area (Å²) in [7, 11) is 0. The van der Waals surface area contributed by atoms with Crippen molar-refractivity contribution in [1.29, 1.82) is 0 Å². The number of piperidine rings is 1. The molecule has 21 heavy (non-hydrogen) atoms. The first-order chi connectivity index (χ1) is 9.95. The summed E-state index contributed by atoms with van der Waals surface area (Å²) in [5, 5.41) is 3.35. The van der Waals surface area contributed by atoms with E-state index in [4.69, 9.17) is 0 Å². The fourth-order valence-electron chi connectivity index (χ4n) is 3.57. The molecule has 0 spiro atoms. The molecule has 1 aliphatic carbocycles. The highest BCUT2D eigenvalue weighted by Gasteiger charge is 2.41. The molecule has 2 atom stereocenters. The second-order valence-corrected chi connectivity index (χ2v) is 6.93. The average Bonchev–Trinajstić information content (AvgIpc) is 2.45. The highest BCUT2D eigenvalue weighted by molar-refractivity contribution is 4.81. The molecule has 1 heterocycles. The van der Waals surface area contributed by atoms with Crippen molar-refractivity contribution >= 4 is 0 Å². The van der Waals surface area contributed by atoms with Crippen LogP contribution in [0.25, 0.3) is 0 Å². The maximum absolute atomic E-state index is 12.7. The zero-order valence-electron chi connectivity index (χ0n) is 13.1. The summed E-state index contributed by atoms with van der Waals surface area (Å²) in [6.45, 7) is 6.59. The summed E-state index contributed by atoms with van der Waals surface area (Å²) in [5.41, 5.74) is 0. The lowest BCUT2D eigenvalue weighted by Gasteiger charge is -2.32. The third kappa shape index (κ3) is 5.78. The lowest BCUT2D eigenvalue weighted by molar-refractivity contribution is -0.183. The van der Waals surface area contributed by atoms with E-state index >= 15 is 0 Å². The van der Waals surface area contributed by atoms with Crippen molar-refractivity contribution in [1.82, 2.24) is 10.2 Å². The smallest absolute Gasteiger partial charge is 0.314 e. The van der Waals surface area contributed by atoms with E-state index < -0.39 is 12.1 Å². The third-order valence-corrected chi connectivity index (χ3v) is 5.10. The van der Waals surface area contributed by atoms with Crippen LogP contribution in [-0.2, 0) is 0 Å². The Balaban J connectivity index is 1.58. The summed E-state index contributed by atoms with van der Waals surface area (Å²) in [6.07, 6.45) is 1.77. The van der Waals surface area contributed by atoms with E-state index in [1.165, 1.54) is 25.9 Å². The van der Waals surface area contributed by atoms with Crippen LogP contribution in [0, 0.1) is 11.8 Å². The first-order valence-corrected chi connectivity index (χ1v) is 8.47. The Hall–Kier alpha value is -0.290. The molecule has 2 unspecified atom stereocenters. The summed E-state index contributed by atoms with van der Waals surface area (Å²) in [4.78, 5) is 2.49. The highest BCUT2D eigenvalue weighted by atomic mass is 19.4.